The number of para-hydroxylation sites is 1. The predicted molar refractivity (Wildman–Crippen MR) is 86.1 cm³/mol. The van der Waals surface area contributed by atoms with E-state index in [0.29, 0.717) is 18.0 Å². The van der Waals surface area contributed by atoms with Crippen LogP contribution in [0.5, 0.6) is 0 Å². The zero-order chi connectivity index (χ0) is 15.5. The van der Waals surface area contributed by atoms with Crippen LogP contribution >= 0.6 is 0 Å². The van der Waals surface area contributed by atoms with Gasteiger partial charge in [0.25, 0.3) is 5.91 Å². The molecule has 0 saturated heterocycles. The summed E-state index contributed by atoms with van der Waals surface area (Å²) in [6.45, 7) is 2.53. The molecule has 1 fully saturated rings. The molecule has 0 radical (unpaired) electrons. The Labute approximate surface area is 130 Å². The summed E-state index contributed by atoms with van der Waals surface area (Å²) in [5.74, 6) is 0.390. The van der Waals surface area contributed by atoms with Gasteiger partial charge in [-0.3, -0.25) is 4.79 Å². The average Bonchev–Trinajstić information content (AvgIpc) is 3.25. The van der Waals surface area contributed by atoms with Gasteiger partial charge in [0.05, 0.1) is 23.1 Å². The van der Waals surface area contributed by atoms with Crippen molar-refractivity contribution in [1.82, 2.24) is 15.1 Å². The molecule has 1 aliphatic carbocycles. The van der Waals surface area contributed by atoms with Crippen LogP contribution in [0.1, 0.15) is 48.2 Å². The average molecular weight is 298 g/mol. The summed E-state index contributed by atoms with van der Waals surface area (Å²) in [5, 5.41) is 7.39. The number of nitrogens with zero attached hydrogens (tertiary/aromatic N) is 2. The molecular weight excluding hydrogens is 276 g/mol. The topological polar surface area (TPSA) is 72.9 Å². The van der Waals surface area contributed by atoms with Gasteiger partial charge in [-0.25, -0.2) is 4.68 Å². The van der Waals surface area contributed by atoms with Crippen LogP contribution in [-0.4, -0.2) is 28.3 Å². The van der Waals surface area contributed by atoms with Gasteiger partial charge in [-0.15, -0.1) is 0 Å². The van der Waals surface area contributed by atoms with Crippen molar-refractivity contribution in [1.29, 1.82) is 0 Å². The van der Waals surface area contributed by atoms with E-state index in [4.69, 9.17) is 5.73 Å². The van der Waals surface area contributed by atoms with E-state index < -0.39 is 0 Å². The quantitative estimate of drug-likeness (QED) is 0.859. The molecule has 1 unspecified atom stereocenters. The Hall–Kier alpha value is -2.14. The minimum atomic E-state index is -0.0512. The van der Waals surface area contributed by atoms with Gasteiger partial charge < -0.3 is 11.1 Å². The molecule has 116 valence electrons. The molecule has 0 spiro atoms. The number of nitrogens with one attached hydrogen (secondary N) is 1. The fourth-order valence-electron chi connectivity index (χ4n) is 2.57. The van der Waals surface area contributed by atoms with Crippen LogP contribution in [-0.2, 0) is 0 Å². The molecule has 2 aromatic rings. The Balaban J connectivity index is 1.83. The summed E-state index contributed by atoms with van der Waals surface area (Å²) in [7, 11) is 0. The molecule has 1 amide bonds. The molecule has 1 aliphatic rings. The normalized spacial score (nSPS) is 15.5. The first kappa shape index (κ1) is 14.8. The number of nitrogens with two attached hydrogens (primary N) is 1. The van der Waals surface area contributed by atoms with Crippen molar-refractivity contribution in [3.05, 3.63) is 47.8 Å². The zero-order valence-corrected chi connectivity index (χ0v) is 12.8. The molecule has 5 heteroatoms. The highest BCUT2D eigenvalue weighted by Crippen LogP contribution is 2.42. The Kier molecular flexibility index (Phi) is 4.24. The predicted octanol–water partition coefficient (Wildman–Crippen LogP) is 2.22. The van der Waals surface area contributed by atoms with Gasteiger partial charge in [0.1, 0.15) is 0 Å². The Bertz CT molecular complexity index is 644. The van der Waals surface area contributed by atoms with E-state index in [0.717, 1.165) is 30.6 Å². The minimum absolute atomic E-state index is 0.0512. The molecule has 5 nitrogen and oxygen atoms in total. The highest BCUT2D eigenvalue weighted by Gasteiger charge is 2.32. The van der Waals surface area contributed by atoms with E-state index in [9.17, 15) is 4.79 Å². The van der Waals surface area contributed by atoms with Gasteiger partial charge in [-0.05, 0) is 38.3 Å². The number of carbonyl (C=O) groups excluding carboxylic acids is 1. The van der Waals surface area contributed by atoms with Crippen molar-refractivity contribution in [2.24, 2.45) is 5.73 Å². The summed E-state index contributed by atoms with van der Waals surface area (Å²) in [6.07, 6.45) is 4.70. The van der Waals surface area contributed by atoms with Crippen molar-refractivity contribution < 1.29 is 4.79 Å². The van der Waals surface area contributed by atoms with Crippen LogP contribution in [0, 0.1) is 0 Å². The second kappa shape index (κ2) is 6.32. The van der Waals surface area contributed by atoms with Crippen molar-refractivity contribution in [3.8, 4) is 5.69 Å². The smallest absolute Gasteiger partial charge is 0.254 e. The number of hydrogen-bond donors (Lipinski definition) is 2. The van der Waals surface area contributed by atoms with E-state index in [1.807, 2.05) is 41.9 Å². The first-order valence-corrected chi connectivity index (χ1v) is 7.84. The fraction of sp³-hybridized carbons (Fsp3) is 0.412. The van der Waals surface area contributed by atoms with Crippen LogP contribution in [0.25, 0.3) is 5.69 Å². The standard InChI is InChI=1S/C17H22N4O/c1-12(18)9-10-19-17(22)15-11-20-21(16(15)13-7-8-13)14-5-3-2-4-6-14/h2-6,11-13H,7-10,18H2,1H3,(H,19,22). The third-order valence-electron chi connectivity index (χ3n) is 3.90. The molecule has 1 atom stereocenters. The van der Waals surface area contributed by atoms with Crippen LogP contribution in [0.2, 0.25) is 0 Å². The Morgan fingerprint density at radius 1 is 1.41 bits per heavy atom. The molecule has 22 heavy (non-hydrogen) atoms. The molecule has 3 rings (SSSR count). The number of amides is 1. The minimum Gasteiger partial charge on any atom is -0.352 e. The van der Waals surface area contributed by atoms with E-state index >= 15 is 0 Å². The van der Waals surface area contributed by atoms with Crippen molar-refractivity contribution in [2.45, 2.75) is 38.1 Å². The van der Waals surface area contributed by atoms with Crippen molar-refractivity contribution in [3.63, 3.8) is 0 Å². The third kappa shape index (κ3) is 3.20. The second-order valence-electron chi connectivity index (χ2n) is 5.99. The maximum absolute atomic E-state index is 12.4. The lowest BCUT2D eigenvalue weighted by Crippen LogP contribution is -2.29. The van der Waals surface area contributed by atoms with Crippen LogP contribution in [0.3, 0.4) is 0 Å². The highest BCUT2D eigenvalue weighted by molar-refractivity contribution is 5.95. The van der Waals surface area contributed by atoms with Crippen molar-refractivity contribution in [2.75, 3.05) is 6.54 Å². The third-order valence-corrected chi connectivity index (χ3v) is 3.90. The summed E-state index contributed by atoms with van der Waals surface area (Å²) in [5.41, 5.74) is 8.44. The molecule has 1 saturated carbocycles. The Morgan fingerprint density at radius 2 is 2.14 bits per heavy atom. The molecule has 0 aliphatic heterocycles. The first-order valence-electron chi connectivity index (χ1n) is 7.84. The number of aromatic nitrogens is 2. The first-order chi connectivity index (χ1) is 10.7. The summed E-state index contributed by atoms with van der Waals surface area (Å²) >= 11 is 0. The largest absolute Gasteiger partial charge is 0.352 e. The van der Waals surface area contributed by atoms with Crippen LogP contribution in [0.15, 0.2) is 36.5 Å². The van der Waals surface area contributed by atoms with Crippen LogP contribution in [0.4, 0.5) is 0 Å². The number of rotatable bonds is 6. The van der Waals surface area contributed by atoms with Gasteiger partial charge in [-0.2, -0.15) is 5.10 Å². The summed E-state index contributed by atoms with van der Waals surface area (Å²) in [4.78, 5) is 12.4. The highest BCUT2D eigenvalue weighted by atomic mass is 16.1. The van der Waals surface area contributed by atoms with E-state index in [1.54, 1.807) is 6.20 Å². The zero-order valence-electron chi connectivity index (χ0n) is 12.8. The molecule has 3 N–H and O–H groups in total. The van der Waals surface area contributed by atoms with Gasteiger partial charge in [-0.1, -0.05) is 18.2 Å². The molecule has 0 bridgehead atoms. The van der Waals surface area contributed by atoms with Crippen molar-refractivity contribution >= 4 is 5.91 Å². The number of carbonyl (C=O) groups is 1. The number of benzene rings is 1. The SMILES string of the molecule is CC(N)CCNC(=O)c1cnn(-c2ccccc2)c1C1CC1. The lowest BCUT2D eigenvalue weighted by atomic mass is 10.1. The maximum Gasteiger partial charge on any atom is 0.254 e. The molecule has 1 heterocycles. The lowest BCUT2D eigenvalue weighted by Gasteiger charge is -2.10. The molecular formula is C17H22N4O. The summed E-state index contributed by atoms with van der Waals surface area (Å²) < 4.78 is 1.90. The molecule has 1 aromatic heterocycles. The summed E-state index contributed by atoms with van der Waals surface area (Å²) in [6, 6.07) is 10.1. The van der Waals surface area contributed by atoms with E-state index in [-0.39, 0.29) is 11.9 Å². The van der Waals surface area contributed by atoms with Gasteiger partial charge in [0.15, 0.2) is 0 Å². The maximum atomic E-state index is 12.4. The second-order valence-corrected chi connectivity index (χ2v) is 5.99. The van der Waals surface area contributed by atoms with E-state index in [1.165, 1.54) is 0 Å². The van der Waals surface area contributed by atoms with Gasteiger partial charge in [0, 0.05) is 18.5 Å². The monoisotopic (exact) mass is 298 g/mol. The fourth-order valence-corrected chi connectivity index (χ4v) is 2.57. The van der Waals surface area contributed by atoms with Gasteiger partial charge >= 0.3 is 0 Å². The Morgan fingerprint density at radius 3 is 2.77 bits per heavy atom. The molecule has 1 aromatic carbocycles. The van der Waals surface area contributed by atoms with Gasteiger partial charge in [0.2, 0.25) is 0 Å². The van der Waals surface area contributed by atoms with Crippen LogP contribution < -0.4 is 11.1 Å². The van der Waals surface area contributed by atoms with E-state index in [2.05, 4.69) is 10.4 Å². The lowest BCUT2D eigenvalue weighted by molar-refractivity contribution is 0.0951. The number of hydrogen-bond acceptors (Lipinski definition) is 3.